The first-order valence-electron chi connectivity index (χ1n) is 7.99. The zero-order valence-corrected chi connectivity index (χ0v) is 15.9. The lowest BCUT2D eigenvalue weighted by atomic mass is 10.1. The summed E-state index contributed by atoms with van der Waals surface area (Å²) in [6.07, 6.45) is 2.01. The molecule has 3 heterocycles. The van der Waals surface area contributed by atoms with E-state index in [1.54, 1.807) is 17.3 Å². The van der Waals surface area contributed by atoms with Crippen LogP contribution in [-0.2, 0) is 20.8 Å². The molecule has 25 heavy (non-hydrogen) atoms. The molecule has 2 amide bonds. The number of nitrogens with zero attached hydrogens (tertiary/aromatic N) is 2. The summed E-state index contributed by atoms with van der Waals surface area (Å²) in [4.78, 5) is 42.2. The summed E-state index contributed by atoms with van der Waals surface area (Å²) in [5, 5.41) is 13.3. The summed E-state index contributed by atoms with van der Waals surface area (Å²) < 4.78 is 0. The van der Waals surface area contributed by atoms with Crippen molar-refractivity contribution < 1.29 is 19.5 Å². The first kappa shape index (κ1) is 18.5. The summed E-state index contributed by atoms with van der Waals surface area (Å²) in [5.74, 6) is -0.918. The number of aromatic nitrogens is 1. The van der Waals surface area contributed by atoms with Crippen molar-refractivity contribution in [2.24, 2.45) is 0 Å². The molecular formula is C15H19N3O4S3. The van der Waals surface area contributed by atoms with E-state index in [4.69, 9.17) is 0 Å². The Morgan fingerprint density at radius 2 is 2.24 bits per heavy atom. The molecule has 2 fully saturated rings. The Kier molecular flexibility index (Phi) is 5.90. The Morgan fingerprint density at radius 3 is 2.92 bits per heavy atom. The van der Waals surface area contributed by atoms with Gasteiger partial charge in [-0.25, -0.2) is 9.78 Å². The van der Waals surface area contributed by atoms with E-state index >= 15 is 0 Å². The smallest absolute Gasteiger partial charge is 0.326 e. The number of fused-ring (bicyclic) bond motifs is 1. The van der Waals surface area contributed by atoms with Gasteiger partial charge >= 0.3 is 5.97 Å². The summed E-state index contributed by atoms with van der Waals surface area (Å²) in [5.41, 5.74) is 2.48. The van der Waals surface area contributed by atoms with Crippen LogP contribution in [0.15, 0.2) is 10.9 Å². The van der Waals surface area contributed by atoms with Crippen LogP contribution in [0.1, 0.15) is 25.0 Å². The molecule has 0 bridgehead atoms. The number of thiol groups is 1. The highest BCUT2D eigenvalue weighted by atomic mass is 32.2. The molecule has 2 aliphatic heterocycles. The fourth-order valence-corrected chi connectivity index (χ4v) is 5.33. The Bertz CT molecular complexity index is 654. The average Bonchev–Trinajstić information content (AvgIpc) is 3.19. The molecule has 2 saturated heterocycles. The van der Waals surface area contributed by atoms with Gasteiger partial charge in [-0.3, -0.25) is 9.59 Å². The normalized spacial score (nSPS) is 27.5. The number of carboxylic acid groups (broad SMARTS) is 1. The first-order valence-corrected chi connectivity index (χ1v) is 10.5. The monoisotopic (exact) mass is 401 g/mol. The van der Waals surface area contributed by atoms with Gasteiger partial charge in [0.1, 0.15) is 12.1 Å². The highest BCUT2D eigenvalue weighted by molar-refractivity contribution is 7.99. The van der Waals surface area contributed by atoms with Crippen LogP contribution in [0.2, 0.25) is 0 Å². The molecule has 0 aliphatic carbocycles. The highest BCUT2D eigenvalue weighted by Crippen LogP contribution is 2.35. The quantitative estimate of drug-likeness (QED) is 0.637. The molecule has 0 radical (unpaired) electrons. The van der Waals surface area contributed by atoms with Gasteiger partial charge in [0.05, 0.1) is 21.8 Å². The van der Waals surface area contributed by atoms with Crippen LogP contribution < -0.4 is 5.32 Å². The second kappa shape index (κ2) is 7.96. The summed E-state index contributed by atoms with van der Waals surface area (Å²) in [6, 6.07) is -1.50. The number of rotatable bonds is 5. The summed E-state index contributed by atoms with van der Waals surface area (Å²) in [6.45, 7) is 0. The zero-order chi connectivity index (χ0) is 18.0. The van der Waals surface area contributed by atoms with Crippen LogP contribution in [0, 0.1) is 0 Å². The Balaban J connectivity index is 1.66. The SMILES string of the molecule is O=C(N[C@H]1CCS[C@H]2CC[C@@H](C(=O)O)N2C1=O)C(S)Cc1cscn1. The van der Waals surface area contributed by atoms with E-state index in [-0.39, 0.29) is 17.2 Å². The molecule has 3 rings (SSSR count). The van der Waals surface area contributed by atoms with Crippen LogP contribution >= 0.6 is 35.7 Å². The number of nitrogens with one attached hydrogen (secondary N) is 1. The van der Waals surface area contributed by atoms with Gasteiger partial charge < -0.3 is 15.3 Å². The largest absolute Gasteiger partial charge is 0.480 e. The van der Waals surface area contributed by atoms with E-state index in [1.165, 1.54) is 16.2 Å². The minimum Gasteiger partial charge on any atom is -0.480 e. The maximum atomic E-state index is 12.8. The lowest BCUT2D eigenvalue weighted by Gasteiger charge is -2.28. The average molecular weight is 402 g/mol. The molecule has 0 saturated carbocycles. The van der Waals surface area contributed by atoms with Gasteiger partial charge in [-0.15, -0.1) is 23.1 Å². The van der Waals surface area contributed by atoms with Crippen molar-refractivity contribution in [3.05, 3.63) is 16.6 Å². The fraction of sp³-hybridized carbons (Fsp3) is 0.600. The number of aliphatic carboxylic acids is 1. The number of carbonyl (C=O) groups excluding carboxylic acids is 2. The first-order chi connectivity index (χ1) is 12.0. The van der Waals surface area contributed by atoms with E-state index in [9.17, 15) is 19.5 Å². The maximum Gasteiger partial charge on any atom is 0.326 e. The van der Waals surface area contributed by atoms with E-state index in [2.05, 4.69) is 22.9 Å². The van der Waals surface area contributed by atoms with Crippen molar-refractivity contribution in [2.45, 2.75) is 48.4 Å². The number of carboxylic acids is 1. The van der Waals surface area contributed by atoms with Crippen molar-refractivity contribution in [1.29, 1.82) is 0 Å². The standard InChI is InChI=1S/C15H19N3O4S3/c19-13(11(23)5-8-6-24-7-16-8)17-9-3-4-25-12-2-1-10(15(21)22)18(12)14(9)20/h6-7,9-12,23H,1-5H2,(H,17,19)(H,21,22)/t9-,10-,11?,12-/m0/s1. The molecule has 0 aromatic carbocycles. The number of carbonyl (C=O) groups is 3. The van der Waals surface area contributed by atoms with Gasteiger partial charge in [0.2, 0.25) is 11.8 Å². The van der Waals surface area contributed by atoms with Crippen molar-refractivity contribution >= 4 is 53.5 Å². The zero-order valence-electron chi connectivity index (χ0n) is 13.3. The minimum atomic E-state index is -0.987. The molecule has 1 aromatic rings. The van der Waals surface area contributed by atoms with Crippen molar-refractivity contribution in [2.75, 3.05) is 5.75 Å². The third-order valence-corrected chi connectivity index (χ3v) is 6.76. The van der Waals surface area contributed by atoms with E-state index in [0.717, 1.165) is 5.69 Å². The predicted molar refractivity (Wildman–Crippen MR) is 98.9 cm³/mol. The Labute approximate surface area is 159 Å². The second-order valence-electron chi connectivity index (χ2n) is 6.05. The van der Waals surface area contributed by atoms with E-state index in [0.29, 0.717) is 31.4 Å². The third kappa shape index (κ3) is 4.12. The van der Waals surface area contributed by atoms with Crippen LogP contribution in [-0.4, -0.2) is 61.2 Å². The van der Waals surface area contributed by atoms with E-state index < -0.39 is 23.3 Å². The molecule has 4 atom stereocenters. The van der Waals surface area contributed by atoms with Crippen LogP contribution in [0.25, 0.3) is 0 Å². The molecule has 1 aromatic heterocycles. The lowest BCUT2D eigenvalue weighted by Crippen LogP contribution is -2.53. The molecule has 0 spiro atoms. The molecule has 2 N–H and O–H groups in total. The topological polar surface area (TPSA) is 99.6 Å². The molecule has 2 aliphatic rings. The Hall–Kier alpha value is -1.26. The molecule has 10 heteroatoms. The predicted octanol–water partition coefficient (Wildman–Crippen LogP) is 1.01. The molecule has 1 unspecified atom stereocenters. The van der Waals surface area contributed by atoms with Gasteiger partial charge in [-0.2, -0.15) is 12.6 Å². The molecular weight excluding hydrogens is 382 g/mol. The van der Waals surface area contributed by atoms with Crippen LogP contribution in [0.5, 0.6) is 0 Å². The molecule has 7 nitrogen and oxygen atoms in total. The number of thiazole rings is 1. The third-order valence-electron chi connectivity index (χ3n) is 4.39. The number of hydrogen-bond acceptors (Lipinski definition) is 7. The lowest BCUT2D eigenvalue weighted by molar-refractivity contribution is -0.149. The van der Waals surface area contributed by atoms with Crippen molar-refractivity contribution in [3.8, 4) is 0 Å². The fourth-order valence-electron chi connectivity index (χ4n) is 3.14. The number of thioether (sulfide) groups is 1. The number of amides is 2. The summed E-state index contributed by atoms with van der Waals surface area (Å²) in [7, 11) is 0. The van der Waals surface area contributed by atoms with Crippen molar-refractivity contribution in [3.63, 3.8) is 0 Å². The second-order valence-corrected chi connectivity index (χ2v) is 8.68. The number of hydrogen-bond donors (Lipinski definition) is 3. The Morgan fingerprint density at radius 1 is 1.44 bits per heavy atom. The van der Waals surface area contributed by atoms with Gasteiger partial charge in [0, 0.05) is 11.8 Å². The minimum absolute atomic E-state index is 0.114. The van der Waals surface area contributed by atoms with Crippen LogP contribution in [0.3, 0.4) is 0 Å². The maximum absolute atomic E-state index is 12.8. The van der Waals surface area contributed by atoms with E-state index in [1.807, 2.05) is 5.38 Å². The van der Waals surface area contributed by atoms with Gasteiger partial charge in [-0.05, 0) is 25.0 Å². The van der Waals surface area contributed by atoms with Gasteiger partial charge in [0.15, 0.2) is 0 Å². The molecule has 136 valence electrons. The highest BCUT2D eigenvalue weighted by Gasteiger charge is 2.45. The summed E-state index contributed by atoms with van der Waals surface area (Å²) >= 11 is 7.36. The van der Waals surface area contributed by atoms with Crippen LogP contribution in [0.4, 0.5) is 0 Å². The van der Waals surface area contributed by atoms with Gasteiger partial charge in [0.25, 0.3) is 0 Å². The van der Waals surface area contributed by atoms with Crippen molar-refractivity contribution in [1.82, 2.24) is 15.2 Å². The van der Waals surface area contributed by atoms with Gasteiger partial charge in [-0.1, -0.05) is 0 Å².